The van der Waals surface area contributed by atoms with Gasteiger partial charge in [-0.05, 0) is 60.1 Å². The number of amides is 2. The predicted molar refractivity (Wildman–Crippen MR) is 101 cm³/mol. The first-order chi connectivity index (χ1) is 12.3. The highest BCUT2D eigenvalue weighted by molar-refractivity contribution is 6.01. The second-order valence-electron chi connectivity index (χ2n) is 7.95. The number of guanidine groups is 1. The number of benzene rings is 1. The lowest BCUT2D eigenvalue weighted by molar-refractivity contribution is 0.0545. The predicted octanol–water partition coefficient (Wildman–Crippen LogP) is 4.04. The number of halogens is 1. The molecule has 0 saturated carbocycles. The molecule has 1 rings (SSSR count). The molecule has 0 saturated heterocycles. The maximum Gasteiger partial charge on any atom is 0.414 e. The number of hydrogen-bond acceptors (Lipinski definition) is 5. The molecule has 1 aromatic rings. The van der Waals surface area contributed by atoms with Crippen LogP contribution in [0.15, 0.2) is 23.2 Å². The molecule has 1 aromatic carbocycles. The van der Waals surface area contributed by atoms with Crippen molar-refractivity contribution >= 4 is 18.1 Å². The number of alkyl carbamates (subject to hydrolysis) is 2. The number of aryl methyl sites for hydroxylation is 1. The molecule has 2 N–H and O–H groups in total. The number of carbonyl (C=O) groups excluding carboxylic acids is 2. The van der Waals surface area contributed by atoms with Gasteiger partial charge in [-0.2, -0.15) is 0 Å². The highest BCUT2D eigenvalue weighted by Crippen LogP contribution is 2.14. The van der Waals surface area contributed by atoms with Crippen LogP contribution in [-0.4, -0.2) is 29.3 Å². The van der Waals surface area contributed by atoms with E-state index in [0.717, 1.165) is 0 Å². The normalized spacial score (nSPS) is 11.4. The maximum atomic E-state index is 14.0. The summed E-state index contributed by atoms with van der Waals surface area (Å²) in [4.78, 5) is 28.1. The van der Waals surface area contributed by atoms with Gasteiger partial charge < -0.3 is 9.47 Å². The fourth-order valence-electron chi connectivity index (χ4n) is 1.94. The number of ether oxygens (including phenoxy) is 2. The van der Waals surface area contributed by atoms with Crippen molar-refractivity contribution in [2.75, 3.05) is 0 Å². The molecular weight excluding hydrogens is 353 g/mol. The molecule has 0 fully saturated rings. The van der Waals surface area contributed by atoms with Crippen molar-refractivity contribution in [2.24, 2.45) is 4.99 Å². The van der Waals surface area contributed by atoms with Crippen LogP contribution >= 0.6 is 0 Å². The Bertz CT molecular complexity index is 666. The summed E-state index contributed by atoms with van der Waals surface area (Å²) in [5.41, 5.74) is -0.411. The highest BCUT2D eigenvalue weighted by atomic mass is 19.1. The fraction of sp³-hybridized carbons (Fsp3) is 0.526. The van der Waals surface area contributed by atoms with Crippen LogP contribution in [0.25, 0.3) is 0 Å². The van der Waals surface area contributed by atoms with E-state index in [0.29, 0.717) is 11.1 Å². The van der Waals surface area contributed by atoms with E-state index < -0.39 is 29.2 Å². The van der Waals surface area contributed by atoms with E-state index in [-0.39, 0.29) is 12.5 Å². The molecule has 0 unspecified atom stereocenters. The smallest absolute Gasteiger partial charge is 0.414 e. The van der Waals surface area contributed by atoms with E-state index in [2.05, 4.69) is 15.6 Å². The maximum absolute atomic E-state index is 14.0. The molecule has 0 aliphatic heterocycles. The summed E-state index contributed by atoms with van der Waals surface area (Å²) in [5.74, 6) is -0.617. The van der Waals surface area contributed by atoms with Crippen LogP contribution in [0, 0.1) is 12.7 Å². The van der Waals surface area contributed by atoms with Crippen LogP contribution < -0.4 is 10.6 Å². The largest absolute Gasteiger partial charge is 0.444 e. The van der Waals surface area contributed by atoms with E-state index >= 15 is 0 Å². The van der Waals surface area contributed by atoms with E-state index in [1.807, 2.05) is 0 Å². The zero-order valence-corrected chi connectivity index (χ0v) is 16.9. The standard InChI is InChI=1S/C19H28FN3O4/c1-12-9-8-10-14(20)13(12)11-21-15(22-16(24)26-18(2,3)4)23-17(25)27-19(5,6)7/h8-10H,11H2,1-7H3,(H2,21,22,23,24,25). The van der Waals surface area contributed by atoms with Gasteiger partial charge in [-0.3, -0.25) is 10.6 Å². The van der Waals surface area contributed by atoms with Crippen molar-refractivity contribution < 1.29 is 23.5 Å². The molecule has 0 aliphatic rings. The average molecular weight is 381 g/mol. The van der Waals surface area contributed by atoms with E-state index in [1.54, 1.807) is 60.6 Å². The third kappa shape index (κ3) is 9.03. The van der Waals surface area contributed by atoms with Crippen LogP contribution in [-0.2, 0) is 16.0 Å². The third-order valence-electron chi connectivity index (χ3n) is 2.99. The number of carbonyl (C=O) groups is 2. The van der Waals surface area contributed by atoms with E-state index in [4.69, 9.17) is 9.47 Å². The number of hydrogen-bond donors (Lipinski definition) is 2. The van der Waals surface area contributed by atoms with E-state index in [9.17, 15) is 14.0 Å². The molecule has 0 heterocycles. The highest BCUT2D eigenvalue weighted by Gasteiger charge is 2.21. The van der Waals surface area contributed by atoms with Crippen molar-refractivity contribution in [3.63, 3.8) is 0 Å². The topological polar surface area (TPSA) is 89.0 Å². The monoisotopic (exact) mass is 381 g/mol. The Morgan fingerprint density at radius 3 is 1.89 bits per heavy atom. The molecule has 0 atom stereocenters. The van der Waals surface area contributed by atoms with Crippen LogP contribution in [0.3, 0.4) is 0 Å². The van der Waals surface area contributed by atoms with Crippen LogP contribution in [0.1, 0.15) is 52.7 Å². The summed E-state index contributed by atoms with van der Waals surface area (Å²) >= 11 is 0. The molecule has 8 heteroatoms. The van der Waals surface area contributed by atoms with Crippen molar-refractivity contribution in [2.45, 2.75) is 66.2 Å². The quantitative estimate of drug-likeness (QED) is 0.598. The van der Waals surface area contributed by atoms with Crippen LogP contribution in [0.2, 0.25) is 0 Å². The summed E-state index contributed by atoms with van der Waals surface area (Å²) in [6.07, 6.45) is -1.61. The summed E-state index contributed by atoms with van der Waals surface area (Å²) < 4.78 is 24.3. The first kappa shape index (κ1) is 22.4. The number of rotatable bonds is 2. The second kappa shape index (κ2) is 8.83. The van der Waals surface area contributed by atoms with Crippen molar-refractivity contribution in [1.29, 1.82) is 0 Å². The van der Waals surface area contributed by atoms with Crippen molar-refractivity contribution in [3.05, 3.63) is 35.1 Å². The molecule has 0 bridgehead atoms. The van der Waals surface area contributed by atoms with E-state index in [1.165, 1.54) is 6.07 Å². The SMILES string of the molecule is Cc1cccc(F)c1CN=C(NC(=O)OC(C)(C)C)NC(=O)OC(C)(C)C. The van der Waals surface area contributed by atoms with Gasteiger partial charge in [-0.25, -0.2) is 19.0 Å². The number of aliphatic imine (C=N–C) groups is 1. The van der Waals surface area contributed by atoms with Gasteiger partial charge in [0.1, 0.15) is 17.0 Å². The zero-order valence-electron chi connectivity index (χ0n) is 16.9. The second-order valence-corrected chi connectivity index (χ2v) is 7.95. The fourth-order valence-corrected chi connectivity index (χ4v) is 1.94. The molecular formula is C19H28FN3O4. The molecule has 150 valence electrons. The Kier molecular flexibility index (Phi) is 7.33. The van der Waals surface area contributed by atoms with Gasteiger partial charge in [-0.1, -0.05) is 12.1 Å². The van der Waals surface area contributed by atoms with Crippen LogP contribution in [0.4, 0.5) is 14.0 Å². The van der Waals surface area contributed by atoms with Gasteiger partial charge in [0.2, 0.25) is 5.96 Å². The Hall–Kier alpha value is -2.64. The molecule has 0 radical (unpaired) electrons. The summed E-state index contributed by atoms with van der Waals surface area (Å²) in [6.45, 7) is 11.9. The van der Waals surface area contributed by atoms with Gasteiger partial charge in [0.15, 0.2) is 0 Å². The van der Waals surface area contributed by atoms with Gasteiger partial charge >= 0.3 is 12.2 Å². The minimum Gasteiger partial charge on any atom is -0.444 e. The summed E-state index contributed by atoms with van der Waals surface area (Å²) in [5, 5.41) is 4.71. The minimum absolute atomic E-state index is 0.0839. The third-order valence-corrected chi connectivity index (χ3v) is 2.99. The Labute approximate surface area is 159 Å². The van der Waals surface area contributed by atoms with Crippen LogP contribution in [0.5, 0.6) is 0 Å². The number of nitrogens with zero attached hydrogens (tertiary/aromatic N) is 1. The minimum atomic E-state index is -0.803. The first-order valence-electron chi connectivity index (χ1n) is 8.55. The van der Waals surface area contributed by atoms with Gasteiger partial charge in [-0.15, -0.1) is 0 Å². The first-order valence-corrected chi connectivity index (χ1v) is 8.55. The molecule has 27 heavy (non-hydrogen) atoms. The van der Waals surface area contributed by atoms with Gasteiger partial charge in [0, 0.05) is 5.56 Å². The Balaban J connectivity index is 2.98. The number of nitrogens with one attached hydrogen (secondary N) is 2. The molecule has 0 aromatic heterocycles. The Morgan fingerprint density at radius 2 is 1.48 bits per heavy atom. The lowest BCUT2D eigenvalue weighted by Crippen LogP contribution is -2.47. The van der Waals surface area contributed by atoms with Crippen molar-refractivity contribution in [1.82, 2.24) is 10.6 Å². The van der Waals surface area contributed by atoms with Gasteiger partial charge in [0.25, 0.3) is 0 Å². The average Bonchev–Trinajstić information content (AvgIpc) is 2.42. The lowest BCUT2D eigenvalue weighted by Gasteiger charge is -2.22. The zero-order chi connectivity index (χ0) is 20.8. The molecule has 2 amide bonds. The lowest BCUT2D eigenvalue weighted by atomic mass is 10.1. The molecule has 0 aliphatic carbocycles. The van der Waals surface area contributed by atoms with Gasteiger partial charge in [0.05, 0.1) is 6.54 Å². The Morgan fingerprint density at radius 1 is 1.00 bits per heavy atom. The van der Waals surface area contributed by atoms with Crippen molar-refractivity contribution in [3.8, 4) is 0 Å². The molecule has 7 nitrogen and oxygen atoms in total. The molecule has 0 spiro atoms. The summed E-state index contributed by atoms with van der Waals surface area (Å²) in [6, 6.07) is 4.66. The summed E-state index contributed by atoms with van der Waals surface area (Å²) in [7, 11) is 0.